The first-order valence-electron chi connectivity index (χ1n) is 7.31. The maximum Gasteiger partial charge on any atom is 0.226 e. The number of carbonyl (C=O) groups is 1. The Hall–Kier alpha value is -2.10. The molecule has 0 aliphatic carbocycles. The summed E-state index contributed by atoms with van der Waals surface area (Å²) in [6, 6.07) is 8.37. The van der Waals surface area contributed by atoms with Gasteiger partial charge in [0, 0.05) is 17.9 Å². The van der Waals surface area contributed by atoms with Crippen LogP contribution >= 0.6 is 0 Å². The van der Waals surface area contributed by atoms with Crippen LogP contribution in [0.3, 0.4) is 0 Å². The first-order chi connectivity index (χ1) is 9.86. The molecular weight excluding hydrogens is 262 g/mol. The van der Waals surface area contributed by atoms with Gasteiger partial charge >= 0.3 is 0 Å². The minimum atomic E-state index is -0.157. The second kappa shape index (κ2) is 4.72. The lowest BCUT2D eigenvalue weighted by Crippen LogP contribution is -2.30. The van der Waals surface area contributed by atoms with E-state index in [-0.39, 0.29) is 17.4 Å². The third-order valence-corrected chi connectivity index (χ3v) is 3.90. The van der Waals surface area contributed by atoms with Gasteiger partial charge in [0.25, 0.3) is 0 Å². The van der Waals surface area contributed by atoms with Crippen LogP contribution in [0.4, 0.5) is 5.82 Å². The van der Waals surface area contributed by atoms with Crippen LogP contribution in [-0.4, -0.2) is 15.7 Å². The molecule has 2 aromatic rings. The lowest BCUT2D eigenvalue weighted by Gasteiger charge is -2.28. The van der Waals surface area contributed by atoms with Gasteiger partial charge in [0.05, 0.1) is 11.7 Å². The average Bonchev–Trinajstić information content (AvgIpc) is 2.81. The van der Waals surface area contributed by atoms with Crippen LogP contribution in [0.5, 0.6) is 0 Å². The van der Waals surface area contributed by atoms with Crippen LogP contribution in [0, 0.1) is 6.92 Å². The zero-order valence-electron chi connectivity index (χ0n) is 13.0. The molecule has 1 amide bonds. The Morgan fingerprint density at radius 3 is 2.76 bits per heavy atom. The number of anilines is 1. The average molecular weight is 283 g/mol. The van der Waals surface area contributed by atoms with Crippen molar-refractivity contribution in [2.75, 3.05) is 5.32 Å². The van der Waals surface area contributed by atoms with E-state index in [1.165, 1.54) is 11.1 Å². The van der Waals surface area contributed by atoms with Gasteiger partial charge in [-0.15, -0.1) is 0 Å². The van der Waals surface area contributed by atoms with Gasteiger partial charge < -0.3 is 5.32 Å². The van der Waals surface area contributed by atoms with Crippen molar-refractivity contribution in [1.82, 2.24) is 9.78 Å². The lowest BCUT2D eigenvalue weighted by molar-refractivity contribution is -0.116. The van der Waals surface area contributed by atoms with Gasteiger partial charge in [-0.05, 0) is 33.3 Å². The number of nitrogens with zero attached hydrogens (tertiary/aromatic N) is 2. The summed E-state index contributed by atoms with van der Waals surface area (Å²) in [7, 11) is 0. The zero-order chi connectivity index (χ0) is 15.2. The first-order valence-corrected chi connectivity index (χ1v) is 7.31. The molecule has 1 aliphatic rings. The Morgan fingerprint density at radius 2 is 2.10 bits per heavy atom. The molecule has 0 saturated heterocycles. The van der Waals surface area contributed by atoms with Crippen LogP contribution < -0.4 is 5.32 Å². The normalized spacial score (nSPS) is 18.3. The predicted octanol–water partition coefficient (Wildman–Crippen LogP) is 3.42. The molecule has 0 unspecified atom stereocenters. The van der Waals surface area contributed by atoms with E-state index < -0.39 is 0 Å². The summed E-state index contributed by atoms with van der Waals surface area (Å²) in [5.41, 5.74) is 3.34. The molecule has 0 saturated carbocycles. The van der Waals surface area contributed by atoms with E-state index in [4.69, 9.17) is 0 Å². The highest BCUT2D eigenvalue weighted by molar-refractivity contribution is 5.94. The minimum Gasteiger partial charge on any atom is -0.311 e. The molecular formula is C17H21N3O. The summed E-state index contributed by atoms with van der Waals surface area (Å²) in [5, 5.41) is 7.49. The van der Waals surface area contributed by atoms with Gasteiger partial charge in [0.1, 0.15) is 5.82 Å². The summed E-state index contributed by atoms with van der Waals surface area (Å²) in [4.78, 5) is 12.1. The molecule has 0 bridgehead atoms. The van der Waals surface area contributed by atoms with Gasteiger partial charge in [-0.2, -0.15) is 5.10 Å². The zero-order valence-corrected chi connectivity index (χ0v) is 13.0. The van der Waals surface area contributed by atoms with Gasteiger partial charge in [-0.1, -0.05) is 29.8 Å². The van der Waals surface area contributed by atoms with E-state index in [1.807, 2.05) is 16.9 Å². The number of hydrogen-bond acceptors (Lipinski definition) is 2. The second-order valence-corrected chi connectivity index (χ2v) is 6.75. The fourth-order valence-electron chi connectivity index (χ4n) is 2.91. The van der Waals surface area contributed by atoms with Crippen molar-refractivity contribution in [1.29, 1.82) is 0 Å². The van der Waals surface area contributed by atoms with E-state index in [2.05, 4.69) is 56.3 Å². The molecule has 0 spiro atoms. The maximum absolute atomic E-state index is 12.1. The van der Waals surface area contributed by atoms with Gasteiger partial charge in [-0.25, -0.2) is 4.68 Å². The van der Waals surface area contributed by atoms with Crippen molar-refractivity contribution >= 4 is 11.7 Å². The second-order valence-electron chi connectivity index (χ2n) is 6.75. The standard InChI is InChI=1S/C17H21N3O/c1-11-6-5-7-12(8-11)13-9-15(21)19-16-14(13)10-18-20(16)17(2,3)4/h5-8,10,13H,9H2,1-4H3,(H,19,21)/t13-/m1/s1. The number of nitrogens with one attached hydrogen (secondary N) is 1. The van der Waals surface area contributed by atoms with Crippen LogP contribution in [0.25, 0.3) is 0 Å². The molecule has 1 aromatic carbocycles. The predicted molar refractivity (Wildman–Crippen MR) is 83.5 cm³/mol. The van der Waals surface area contributed by atoms with Gasteiger partial charge in [-0.3, -0.25) is 4.79 Å². The molecule has 2 heterocycles. The van der Waals surface area contributed by atoms with Crippen LogP contribution in [0.2, 0.25) is 0 Å². The summed E-state index contributed by atoms with van der Waals surface area (Å²) in [6.07, 6.45) is 2.37. The molecule has 4 heteroatoms. The molecule has 3 rings (SSSR count). The first kappa shape index (κ1) is 13.9. The molecule has 1 atom stereocenters. The van der Waals surface area contributed by atoms with Crippen molar-refractivity contribution in [3.63, 3.8) is 0 Å². The highest BCUT2D eigenvalue weighted by Gasteiger charge is 2.32. The number of hydrogen-bond donors (Lipinski definition) is 1. The fraction of sp³-hybridized carbons (Fsp3) is 0.412. The van der Waals surface area contributed by atoms with Gasteiger partial charge in [0.15, 0.2) is 0 Å². The number of aromatic nitrogens is 2. The molecule has 0 fully saturated rings. The lowest BCUT2D eigenvalue weighted by atomic mass is 9.86. The van der Waals surface area contributed by atoms with Gasteiger partial charge in [0.2, 0.25) is 5.91 Å². The summed E-state index contributed by atoms with van der Waals surface area (Å²) < 4.78 is 1.90. The summed E-state index contributed by atoms with van der Waals surface area (Å²) >= 11 is 0. The van der Waals surface area contributed by atoms with Crippen molar-refractivity contribution < 1.29 is 4.79 Å². The minimum absolute atomic E-state index is 0.0556. The number of fused-ring (bicyclic) bond motifs is 1. The van der Waals surface area contributed by atoms with E-state index in [0.717, 1.165) is 11.4 Å². The fourth-order valence-corrected chi connectivity index (χ4v) is 2.91. The van der Waals surface area contributed by atoms with Crippen LogP contribution in [0.1, 0.15) is 49.8 Å². The largest absolute Gasteiger partial charge is 0.311 e. The highest BCUT2D eigenvalue weighted by atomic mass is 16.1. The van der Waals surface area contributed by atoms with E-state index in [1.54, 1.807) is 0 Å². The monoisotopic (exact) mass is 283 g/mol. The Morgan fingerprint density at radius 1 is 1.33 bits per heavy atom. The summed E-state index contributed by atoms with van der Waals surface area (Å²) in [5.74, 6) is 0.981. The molecule has 21 heavy (non-hydrogen) atoms. The van der Waals surface area contributed by atoms with Crippen molar-refractivity contribution in [2.24, 2.45) is 0 Å². The molecule has 4 nitrogen and oxygen atoms in total. The third-order valence-electron chi connectivity index (χ3n) is 3.90. The van der Waals surface area contributed by atoms with Crippen molar-refractivity contribution in [2.45, 2.75) is 45.6 Å². The SMILES string of the molecule is Cc1cccc([C@H]2CC(=O)Nc3c2cnn3C(C)(C)C)c1. The molecule has 0 radical (unpaired) electrons. The highest BCUT2D eigenvalue weighted by Crippen LogP contribution is 2.38. The number of aryl methyl sites for hydroxylation is 1. The number of rotatable bonds is 1. The van der Waals surface area contributed by atoms with Crippen LogP contribution in [0.15, 0.2) is 30.5 Å². The van der Waals surface area contributed by atoms with Crippen molar-refractivity contribution in [3.8, 4) is 0 Å². The van der Waals surface area contributed by atoms with E-state index in [9.17, 15) is 4.79 Å². The Balaban J connectivity index is 2.11. The summed E-state index contributed by atoms with van der Waals surface area (Å²) in [6.45, 7) is 8.33. The maximum atomic E-state index is 12.1. The topological polar surface area (TPSA) is 46.9 Å². The number of amides is 1. The van der Waals surface area contributed by atoms with Crippen molar-refractivity contribution in [3.05, 3.63) is 47.2 Å². The molecule has 1 aliphatic heterocycles. The number of benzene rings is 1. The Bertz CT molecular complexity index is 694. The quantitative estimate of drug-likeness (QED) is 0.871. The Labute approximate surface area is 125 Å². The third kappa shape index (κ3) is 2.46. The number of carbonyl (C=O) groups excluding carboxylic acids is 1. The smallest absolute Gasteiger partial charge is 0.226 e. The molecule has 110 valence electrons. The van der Waals surface area contributed by atoms with E-state index >= 15 is 0 Å². The van der Waals surface area contributed by atoms with Crippen LogP contribution in [-0.2, 0) is 10.3 Å². The Kier molecular flexibility index (Phi) is 3.12. The van der Waals surface area contributed by atoms with E-state index in [0.29, 0.717) is 6.42 Å². The molecule has 1 N–H and O–H groups in total. The molecule has 1 aromatic heterocycles.